The molecule has 1 fully saturated rings. The summed E-state index contributed by atoms with van der Waals surface area (Å²) in [6.07, 6.45) is 2.40. The molecule has 2 rings (SSSR count). The van der Waals surface area contributed by atoms with Gasteiger partial charge in [-0.3, -0.25) is 5.10 Å². The minimum absolute atomic E-state index is 0.100. The van der Waals surface area contributed by atoms with E-state index in [0.717, 1.165) is 12.1 Å². The van der Waals surface area contributed by atoms with Gasteiger partial charge in [-0.25, -0.2) is 8.42 Å². The Morgan fingerprint density at radius 3 is 3.07 bits per heavy atom. The molecule has 2 heterocycles. The van der Waals surface area contributed by atoms with Crippen LogP contribution in [-0.2, 0) is 16.4 Å². The highest BCUT2D eigenvalue weighted by Crippen LogP contribution is 2.11. The van der Waals surface area contributed by atoms with Gasteiger partial charge in [0.05, 0.1) is 11.5 Å². The zero-order chi connectivity index (χ0) is 10.0. The van der Waals surface area contributed by atoms with Crippen LogP contribution >= 0.6 is 0 Å². The number of aromatic amines is 1. The molecule has 1 aliphatic heterocycles. The third-order valence-electron chi connectivity index (χ3n) is 2.37. The van der Waals surface area contributed by atoms with E-state index in [1.54, 1.807) is 6.20 Å². The average Bonchev–Trinajstić information content (AvgIpc) is 2.70. The number of hydrogen-bond donors (Lipinski definition) is 2. The Bertz CT molecular complexity index is 385. The molecule has 14 heavy (non-hydrogen) atoms. The van der Waals surface area contributed by atoms with Crippen LogP contribution < -0.4 is 5.32 Å². The van der Waals surface area contributed by atoms with Crippen LogP contribution in [0.5, 0.6) is 0 Å². The lowest BCUT2D eigenvalue weighted by Gasteiger charge is -2.08. The summed E-state index contributed by atoms with van der Waals surface area (Å²) in [4.78, 5) is 0. The first kappa shape index (κ1) is 9.67. The van der Waals surface area contributed by atoms with Crippen molar-refractivity contribution in [3.8, 4) is 0 Å². The second-order valence-electron chi connectivity index (χ2n) is 3.56. The molecule has 1 aliphatic rings. The summed E-state index contributed by atoms with van der Waals surface area (Å²) in [5.41, 5.74) is 0.981. The van der Waals surface area contributed by atoms with E-state index < -0.39 is 9.84 Å². The van der Waals surface area contributed by atoms with Gasteiger partial charge in [0.1, 0.15) is 0 Å². The zero-order valence-electron chi connectivity index (χ0n) is 7.73. The molecule has 1 unspecified atom stereocenters. The van der Waals surface area contributed by atoms with Crippen molar-refractivity contribution in [2.24, 2.45) is 0 Å². The van der Waals surface area contributed by atoms with Gasteiger partial charge >= 0.3 is 0 Å². The molecule has 5 nitrogen and oxygen atoms in total. The lowest BCUT2D eigenvalue weighted by atomic mass is 10.2. The molecule has 0 saturated carbocycles. The number of nitrogens with zero attached hydrogens (tertiary/aromatic N) is 1. The maximum absolute atomic E-state index is 11.1. The van der Waals surface area contributed by atoms with E-state index in [-0.39, 0.29) is 11.8 Å². The van der Waals surface area contributed by atoms with Crippen LogP contribution in [-0.4, -0.2) is 36.2 Å². The highest BCUT2D eigenvalue weighted by atomic mass is 32.2. The average molecular weight is 215 g/mol. The molecule has 0 radical (unpaired) electrons. The summed E-state index contributed by atoms with van der Waals surface area (Å²) >= 11 is 0. The summed E-state index contributed by atoms with van der Waals surface area (Å²) in [6.45, 7) is 0.653. The molecule has 0 amide bonds. The van der Waals surface area contributed by atoms with Gasteiger partial charge in [-0.2, -0.15) is 5.10 Å². The van der Waals surface area contributed by atoms with Crippen molar-refractivity contribution >= 4 is 9.84 Å². The first-order valence-corrected chi connectivity index (χ1v) is 6.40. The Labute approximate surface area is 82.8 Å². The van der Waals surface area contributed by atoms with Crippen molar-refractivity contribution in [2.75, 3.05) is 11.5 Å². The van der Waals surface area contributed by atoms with Crippen LogP contribution in [0, 0.1) is 0 Å². The molecule has 1 atom stereocenters. The molecular weight excluding hydrogens is 202 g/mol. The highest BCUT2D eigenvalue weighted by Gasteiger charge is 2.27. The maximum Gasteiger partial charge on any atom is 0.151 e. The monoisotopic (exact) mass is 215 g/mol. The predicted octanol–water partition coefficient (Wildman–Crippen LogP) is -0.314. The molecule has 2 N–H and O–H groups in total. The summed E-state index contributed by atoms with van der Waals surface area (Å²) in [7, 11) is -2.77. The third kappa shape index (κ3) is 2.33. The van der Waals surface area contributed by atoms with Gasteiger partial charge in [0, 0.05) is 24.5 Å². The van der Waals surface area contributed by atoms with Crippen LogP contribution in [0.1, 0.15) is 12.1 Å². The Balaban J connectivity index is 1.83. The Kier molecular flexibility index (Phi) is 2.56. The zero-order valence-corrected chi connectivity index (χ0v) is 8.55. The number of hydrogen-bond acceptors (Lipinski definition) is 4. The molecule has 78 valence electrons. The summed E-state index contributed by atoms with van der Waals surface area (Å²) < 4.78 is 22.3. The largest absolute Gasteiger partial charge is 0.307 e. The highest BCUT2D eigenvalue weighted by molar-refractivity contribution is 7.91. The lowest BCUT2D eigenvalue weighted by Crippen LogP contribution is -2.29. The van der Waals surface area contributed by atoms with Crippen molar-refractivity contribution in [3.63, 3.8) is 0 Å². The number of nitrogens with one attached hydrogen (secondary N) is 2. The molecule has 0 aliphatic carbocycles. The van der Waals surface area contributed by atoms with E-state index in [1.807, 2.05) is 6.07 Å². The molecule has 1 aromatic rings. The normalized spacial score (nSPS) is 25.3. The fourth-order valence-corrected chi connectivity index (χ4v) is 3.30. The van der Waals surface area contributed by atoms with Crippen molar-refractivity contribution < 1.29 is 8.42 Å². The molecule has 6 heteroatoms. The fraction of sp³-hybridized carbons (Fsp3) is 0.625. The first-order valence-electron chi connectivity index (χ1n) is 4.58. The predicted molar refractivity (Wildman–Crippen MR) is 52.5 cm³/mol. The Hall–Kier alpha value is -0.880. The molecule has 1 aromatic heterocycles. The van der Waals surface area contributed by atoms with E-state index in [9.17, 15) is 8.42 Å². The van der Waals surface area contributed by atoms with E-state index in [4.69, 9.17) is 0 Å². The number of rotatable bonds is 3. The molecule has 0 bridgehead atoms. The number of aromatic nitrogens is 2. The van der Waals surface area contributed by atoms with E-state index in [0.29, 0.717) is 12.3 Å². The standard InChI is InChI=1S/C8H13N3O2S/c12-14(13)4-2-8(6-14)9-5-7-1-3-10-11-7/h1,3,8-9H,2,4-6H2,(H,10,11). The third-order valence-corrected chi connectivity index (χ3v) is 4.14. The number of sulfone groups is 1. The summed E-state index contributed by atoms with van der Waals surface area (Å²) in [5, 5.41) is 9.82. The second-order valence-corrected chi connectivity index (χ2v) is 5.79. The van der Waals surface area contributed by atoms with Crippen molar-refractivity contribution in [2.45, 2.75) is 19.0 Å². The van der Waals surface area contributed by atoms with Gasteiger partial charge in [0.2, 0.25) is 0 Å². The van der Waals surface area contributed by atoms with Gasteiger partial charge in [0.15, 0.2) is 9.84 Å². The minimum Gasteiger partial charge on any atom is -0.307 e. The summed E-state index contributed by atoms with van der Waals surface area (Å²) in [6, 6.07) is 1.97. The van der Waals surface area contributed by atoms with Crippen molar-refractivity contribution in [1.82, 2.24) is 15.5 Å². The topological polar surface area (TPSA) is 74.8 Å². The van der Waals surface area contributed by atoms with Gasteiger partial charge in [-0.1, -0.05) is 0 Å². The van der Waals surface area contributed by atoms with Crippen LogP contribution in [0.25, 0.3) is 0 Å². The van der Waals surface area contributed by atoms with E-state index >= 15 is 0 Å². The van der Waals surface area contributed by atoms with Crippen molar-refractivity contribution in [1.29, 1.82) is 0 Å². The minimum atomic E-state index is -2.77. The van der Waals surface area contributed by atoms with Crippen LogP contribution in [0.2, 0.25) is 0 Å². The first-order chi connectivity index (χ1) is 6.66. The lowest BCUT2D eigenvalue weighted by molar-refractivity contribution is 0.548. The molecular formula is C8H13N3O2S. The maximum atomic E-state index is 11.1. The van der Waals surface area contributed by atoms with Crippen molar-refractivity contribution in [3.05, 3.63) is 18.0 Å². The smallest absolute Gasteiger partial charge is 0.151 e. The number of H-pyrrole nitrogens is 1. The molecule has 0 aromatic carbocycles. The van der Waals surface area contributed by atoms with Gasteiger partial charge in [-0.05, 0) is 12.5 Å². The fourth-order valence-electron chi connectivity index (χ4n) is 1.59. The van der Waals surface area contributed by atoms with Crippen LogP contribution in [0.15, 0.2) is 12.3 Å². The van der Waals surface area contributed by atoms with Gasteiger partial charge < -0.3 is 5.32 Å². The second kappa shape index (κ2) is 3.70. The molecule has 0 spiro atoms. The van der Waals surface area contributed by atoms with E-state index in [2.05, 4.69) is 15.5 Å². The Morgan fingerprint density at radius 2 is 2.50 bits per heavy atom. The van der Waals surface area contributed by atoms with Gasteiger partial charge in [0.25, 0.3) is 0 Å². The van der Waals surface area contributed by atoms with Gasteiger partial charge in [-0.15, -0.1) is 0 Å². The van der Waals surface area contributed by atoms with Crippen LogP contribution in [0.3, 0.4) is 0 Å². The van der Waals surface area contributed by atoms with E-state index in [1.165, 1.54) is 0 Å². The Morgan fingerprint density at radius 1 is 1.64 bits per heavy atom. The quantitative estimate of drug-likeness (QED) is 0.725. The molecule has 1 saturated heterocycles. The van der Waals surface area contributed by atoms with Crippen LogP contribution in [0.4, 0.5) is 0 Å². The SMILES string of the molecule is O=S1(=O)CCC(NCc2ccn[nH]2)C1. The summed E-state index contributed by atoms with van der Waals surface area (Å²) in [5.74, 6) is 0.578.